The SMILES string of the molecule is CC1CCC[C@@]2(OC1)O[C@H]1CC3[C@@H]4CC[C@@H]5CC(NC(=O)N6CCN(C)CC6)CC[C@]5(C)C4CC[C@]3(C)C1C2C. The van der Waals surface area contributed by atoms with E-state index in [0.29, 0.717) is 40.7 Å². The van der Waals surface area contributed by atoms with Crippen LogP contribution in [0.15, 0.2) is 0 Å². The van der Waals surface area contributed by atoms with E-state index in [4.69, 9.17) is 9.47 Å². The van der Waals surface area contributed by atoms with E-state index < -0.39 is 0 Å². The summed E-state index contributed by atoms with van der Waals surface area (Å²) in [4.78, 5) is 17.4. The normalized spacial score (nSPS) is 52.8. The Morgan fingerprint density at radius 1 is 0.875 bits per heavy atom. The van der Waals surface area contributed by atoms with Crippen molar-refractivity contribution in [1.82, 2.24) is 15.1 Å². The molecule has 12 atom stereocenters. The first-order valence-corrected chi connectivity index (χ1v) is 17.2. The van der Waals surface area contributed by atoms with E-state index >= 15 is 0 Å². The van der Waals surface area contributed by atoms with Gasteiger partial charge in [0.15, 0.2) is 5.79 Å². The second kappa shape index (κ2) is 10.1. The van der Waals surface area contributed by atoms with Crippen LogP contribution in [0.3, 0.4) is 0 Å². The summed E-state index contributed by atoms with van der Waals surface area (Å²) < 4.78 is 13.7. The molecule has 0 radical (unpaired) electrons. The second-order valence-corrected chi connectivity index (χ2v) is 16.2. The molecule has 6 unspecified atom stereocenters. The lowest BCUT2D eigenvalue weighted by atomic mass is 9.44. The summed E-state index contributed by atoms with van der Waals surface area (Å²) in [7, 11) is 2.15. The quantitative estimate of drug-likeness (QED) is 0.422. The average molecular weight is 556 g/mol. The summed E-state index contributed by atoms with van der Waals surface area (Å²) in [6.07, 6.45) is 14.4. The van der Waals surface area contributed by atoms with Crippen molar-refractivity contribution in [2.24, 2.45) is 52.3 Å². The Kier molecular flexibility index (Phi) is 7.07. The molecular weight excluding hydrogens is 498 g/mol. The van der Waals surface area contributed by atoms with Gasteiger partial charge in [-0.2, -0.15) is 0 Å². The smallest absolute Gasteiger partial charge is 0.317 e. The standard InChI is InChI=1S/C34H57N3O3/c1-22-7-6-12-34(39-21-22)23(2)30-29(40-34)20-28-26-9-8-24-19-25(35-31(38)37-17-15-36(5)16-18-37)10-13-32(24,3)27(26)11-14-33(28,30)4/h22-30H,6-21H2,1-5H3,(H,35,38)/t22?,23?,24-,25?,26-,27?,28?,29+,30?,32+,33+,34-/m1/s1. The summed E-state index contributed by atoms with van der Waals surface area (Å²) in [6, 6.07) is 0.537. The monoisotopic (exact) mass is 555 g/mol. The molecule has 0 aromatic heterocycles. The molecule has 1 N–H and O–H groups in total. The molecular formula is C34H57N3O3. The zero-order valence-corrected chi connectivity index (χ0v) is 26.1. The highest BCUT2D eigenvalue weighted by Crippen LogP contribution is 2.71. The fourth-order valence-electron chi connectivity index (χ4n) is 11.9. The van der Waals surface area contributed by atoms with Crippen LogP contribution in [0.4, 0.5) is 4.79 Å². The van der Waals surface area contributed by atoms with Crippen molar-refractivity contribution in [2.45, 2.75) is 116 Å². The molecule has 6 heteroatoms. The van der Waals surface area contributed by atoms with Crippen LogP contribution in [0, 0.1) is 52.3 Å². The maximum atomic E-state index is 13.0. The average Bonchev–Trinajstić information content (AvgIpc) is 3.28. The summed E-state index contributed by atoms with van der Waals surface area (Å²) in [5.41, 5.74) is 0.832. The fraction of sp³-hybridized carbons (Fsp3) is 0.971. The molecule has 0 aromatic carbocycles. The molecule has 1 spiro atoms. The fourth-order valence-corrected chi connectivity index (χ4v) is 11.9. The maximum Gasteiger partial charge on any atom is 0.317 e. The first-order valence-electron chi connectivity index (χ1n) is 17.2. The highest BCUT2D eigenvalue weighted by Gasteiger charge is 2.69. The number of likely N-dealkylation sites (N-methyl/N-ethyl adjacent to an activating group) is 1. The lowest BCUT2D eigenvalue weighted by Gasteiger charge is -2.61. The van der Waals surface area contributed by atoms with Crippen LogP contribution >= 0.6 is 0 Å². The predicted octanol–water partition coefficient (Wildman–Crippen LogP) is 6.15. The van der Waals surface area contributed by atoms with E-state index in [2.05, 4.69) is 45.0 Å². The number of nitrogens with zero attached hydrogens (tertiary/aromatic N) is 2. The van der Waals surface area contributed by atoms with Crippen molar-refractivity contribution in [3.05, 3.63) is 0 Å². The van der Waals surface area contributed by atoms with Gasteiger partial charge in [0.1, 0.15) is 0 Å². The van der Waals surface area contributed by atoms with Gasteiger partial charge in [-0.3, -0.25) is 0 Å². The third-order valence-corrected chi connectivity index (χ3v) is 14.3. The highest BCUT2D eigenvalue weighted by molar-refractivity contribution is 5.74. The number of ether oxygens (including phenoxy) is 2. The first-order chi connectivity index (χ1) is 19.1. The van der Waals surface area contributed by atoms with E-state index in [1.54, 1.807) is 0 Å². The van der Waals surface area contributed by atoms with Gasteiger partial charge in [-0.1, -0.05) is 27.7 Å². The highest BCUT2D eigenvalue weighted by atomic mass is 16.7. The lowest BCUT2D eigenvalue weighted by Crippen LogP contribution is -2.57. The van der Waals surface area contributed by atoms with Gasteiger partial charge in [-0.15, -0.1) is 0 Å². The minimum atomic E-state index is -0.318. The Hall–Kier alpha value is -0.850. The van der Waals surface area contributed by atoms with Crippen LogP contribution < -0.4 is 5.32 Å². The summed E-state index contributed by atoms with van der Waals surface area (Å²) in [5, 5.41) is 3.48. The largest absolute Gasteiger partial charge is 0.349 e. The van der Waals surface area contributed by atoms with Gasteiger partial charge in [0, 0.05) is 44.6 Å². The molecule has 3 saturated heterocycles. The minimum Gasteiger partial charge on any atom is -0.349 e. The van der Waals surface area contributed by atoms with Crippen LogP contribution in [-0.2, 0) is 9.47 Å². The summed E-state index contributed by atoms with van der Waals surface area (Å²) >= 11 is 0. The Bertz CT molecular complexity index is 968. The molecule has 4 aliphatic carbocycles. The van der Waals surface area contributed by atoms with Crippen LogP contribution in [0.1, 0.15) is 98.3 Å². The zero-order chi connectivity index (χ0) is 27.9. The third-order valence-electron chi connectivity index (χ3n) is 14.3. The number of rotatable bonds is 1. The van der Waals surface area contributed by atoms with Crippen molar-refractivity contribution in [3.63, 3.8) is 0 Å². The van der Waals surface area contributed by atoms with Gasteiger partial charge >= 0.3 is 6.03 Å². The Morgan fingerprint density at radius 3 is 2.45 bits per heavy atom. The van der Waals surface area contributed by atoms with E-state index in [0.717, 1.165) is 69.3 Å². The second-order valence-electron chi connectivity index (χ2n) is 16.2. The molecule has 3 heterocycles. The van der Waals surface area contributed by atoms with E-state index in [9.17, 15) is 4.79 Å². The molecule has 3 aliphatic heterocycles. The predicted molar refractivity (Wildman–Crippen MR) is 158 cm³/mol. The zero-order valence-electron chi connectivity index (χ0n) is 26.1. The van der Waals surface area contributed by atoms with E-state index in [1.807, 2.05) is 4.90 Å². The number of carbonyl (C=O) groups excluding carboxylic acids is 1. The van der Waals surface area contributed by atoms with E-state index in [-0.39, 0.29) is 11.8 Å². The number of fused-ring (bicyclic) bond motifs is 7. The number of hydrogen-bond donors (Lipinski definition) is 1. The summed E-state index contributed by atoms with van der Waals surface area (Å²) in [6.45, 7) is 14.7. The minimum absolute atomic E-state index is 0.181. The van der Waals surface area contributed by atoms with E-state index in [1.165, 1.54) is 57.8 Å². The van der Waals surface area contributed by atoms with Crippen LogP contribution in [0.5, 0.6) is 0 Å². The van der Waals surface area contributed by atoms with Gasteiger partial charge < -0.3 is 24.6 Å². The van der Waals surface area contributed by atoms with Crippen molar-refractivity contribution in [3.8, 4) is 0 Å². The lowest BCUT2D eigenvalue weighted by molar-refractivity contribution is -0.250. The molecule has 7 rings (SSSR count). The molecule has 7 aliphatic rings. The molecule has 226 valence electrons. The van der Waals surface area contributed by atoms with Gasteiger partial charge in [-0.25, -0.2) is 4.79 Å². The first kappa shape index (κ1) is 28.0. The van der Waals surface area contributed by atoms with Gasteiger partial charge in [0.25, 0.3) is 0 Å². The van der Waals surface area contributed by atoms with Gasteiger partial charge in [-0.05, 0) is 118 Å². The number of nitrogens with one attached hydrogen (secondary N) is 1. The number of amides is 2. The Labute approximate surface area is 243 Å². The Balaban J connectivity index is 1.02. The van der Waals surface area contributed by atoms with Crippen molar-refractivity contribution < 1.29 is 14.3 Å². The van der Waals surface area contributed by atoms with Crippen LogP contribution in [0.25, 0.3) is 0 Å². The molecule has 7 fully saturated rings. The molecule has 6 nitrogen and oxygen atoms in total. The van der Waals surface area contributed by atoms with Gasteiger partial charge in [0.2, 0.25) is 0 Å². The molecule has 2 amide bonds. The molecule has 0 aromatic rings. The van der Waals surface area contributed by atoms with Crippen LogP contribution in [0.2, 0.25) is 0 Å². The molecule has 40 heavy (non-hydrogen) atoms. The third kappa shape index (κ3) is 4.31. The number of hydrogen-bond acceptors (Lipinski definition) is 4. The number of carbonyl (C=O) groups is 1. The summed E-state index contributed by atoms with van der Waals surface area (Å²) in [5.74, 6) is 4.74. The maximum absolute atomic E-state index is 13.0. The topological polar surface area (TPSA) is 54.0 Å². The van der Waals surface area contributed by atoms with Crippen molar-refractivity contribution >= 4 is 6.03 Å². The molecule has 4 saturated carbocycles. The van der Waals surface area contributed by atoms with Crippen LogP contribution in [-0.4, -0.2) is 73.6 Å². The molecule has 0 bridgehead atoms. The Morgan fingerprint density at radius 2 is 1.65 bits per heavy atom. The number of piperazine rings is 1. The van der Waals surface area contributed by atoms with Crippen molar-refractivity contribution in [2.75, 3.05) is 39.8 Å². The number of urea groups is 1. The van der Waals surface area contributed by atoms with Crippen molar-refractivity contribution in [1.29, 1.82) is 0 Å². The van der Waals surface area contributed by atoms with Gasteiger partial charge in [0.05, 0.1) is 12.7 Å².